The molecule has 0 saturated carbocycles. The number of thiophene rings is 1. The molecule has 3 nitrogen and oxygen atoms in total. The summed E-state index contributed by atoms with van der Waals surface area (Å²) in [6, 6.07) is 9.31. The molecule has 1 aromatic carbocycles. The average Bonchev–Trinajstić information content (AvgIpc) is 2.91. The van der Waals surface area contributed by atoms with Crippen LogP contribution in [-0.4, -0.2) is 12.5 Å². The Bertz CT molecular complexity index is 555. The van der Waals surface area contributed by atoms with Crippen molar-refractivity contribution in [2.24, 2.45) is 0 Å². The van der Waals surface area contributed by atoms with Gasteiger partial charge in [0.2, 0.25) is 0 Å². The number of hydrogen-bond acceptors (Lipinski definition) is 3. The minimum Gasteiger partial charge on any atom is -0.493 e. The lowest BCUT2D eigenvalue weighted by Gasteiger charge is -2.08. The first kappa shape index (κ1) is 14.1. The largest absolute Gasteiger partial charge is 0.493 e. The van der Waals surface area contributed by atoms with Crippen molar-refractivity contribution in [1.29, 1.82) is 0 Å². The summed E-state index contributed by atoms with van der Waals surface area (Å²) in [6.45, 7) is 3.08. The van der Waals surface area contributed by atoms with Crippen LogP contribution in [0.15, 0.2) is 40.2 Å². The molecule has 0 unspecified atom stereocenters. The Morgan fingerprint density at radius 3 is 2.89 bits per heavy atom. The number of amides is 1. The van der Waals surface area contributed by atoms with Crippen molar-refractivity contribution in [3.8, 4) is 5.75 Å². The summed E-state index contributed by atoms with van der Waals surface area (Å²) in [4.78, 5) is 13.1. The summed E-state index contributed by atoms with van der Waals surface area (Å²) in [5.74, 6) is 0.662. The molecular formula is C14H14BrNO2S. The molecule has 0 spiro atoms. The van der Waals surface area contributed by atoms with Crippen LogP contribution in [0.2, 0.25) is 0 Å². The second kappa shape index (κ2) is 6.73. The zero-order chi connectivity index (χ0) is 13.7. The van der Waals surface area contributed by atoms with E-state index in [4.69, 9.17) is 4.74 Å². The summed E-state index contributed by atoms with van der Waals surface area (Å²) in [5, 5.41) is 4.88. The fourth-order valence-corrected chi connectivity index (χ4v) is 2.74. The smallest absolute Gasteiger partial charge is 0.251 e. The molecule has 0 atom stereocenters. The molecule has 1 N–H and O–H groups in total. The van der Waals surface area contributed by atoms with Crippen LogP contribution in [0.5, 0.6) is 5.75 Å². The third-order valence-corrected chi connectivity index (χ3v) is 3.99. The van der Waals surface area contributed by atoms with Gasteiger partial charge in [0.15, 0.2) is 0 Å². The predicted molar refractivity (Wildman–Crippen MR) is 80.8 cm³/mol. The molecule has 0 bridgehead atoms. The Morgan fingerprint density at radius 1 is 1.42 bits per heavy atom. The molecule has 2 rings (SSSR count). The van der Waals surface area contributed by atoms with Gasteiger partial charge in [0, 0.05) is 10.4 Å². The van der Waals surface area contributed by atoms with Gasteiger partial charge in [-0.15, -0.1) is 11.3 Å². The molecule has 19 heavy (non-hydrogen) atoms. The number of nitrogens with one attached hydrogen (secondary N) is 1. The SMILES string of the molecule is CCOc1ccc(C(=O)NCc2cccs2)cc1Br. The van der Waals surface area contributed by atoms with E-state index in [1.807, 2.05) is 24.4 Å². The lowest BCUT2D eigenvalue weighted by molar-refractivity contribution is 0.0951. The van der Waals surface area contributed by atoms with E-state index in [9.17, 15) is 4.79 Å². The van der Waals surface area contributed by atoms with E-state index in [0.717, 1.165) is 15.1 Å². The first-order chi connectivity index (χ1) is 9.20. The van der Waals surface area contributed by atoms with E-state index in [-0.39, 0.29) is 5.91 Å². The van der Waals surface area contributed by atoms with Gasteiger partial charge in [-0.25, -0.2) is 0 Å². The third kappa shape index (κ3) is 3.81. The van der Waals surface area contributed by atoms with Crippen LogP contribution in [0.4, 0.5) is 0 Å². The van der Waals surface area contributed by atoms with Crippen molar-refractivity contribution >= 4 is 33.2 Å². The van der Waals surface area contributed by atoms with Gasteiger partial charge < -0.3 is 10.1 Å². The topological polar surface area (TPSA) is 38.3 Å². The monoisotopic (exact) mass is 339 g/mol. The highest BCUT2D eigenvalue weighted by molar-refractivity contribution is 9.10. The highest BCUT2D eigenvalue weighted by atomic mass is 79.9. The van der Waals surface area contributed by atoms with Crippen molar-refractivity contribution in [3.05, 3.63) is 50.6 Å². The molecule has 5 heteroatoms. The standard InChI is InChI=1S/C14H14BrNO2S/c1-2-18-13-6-5-10(8-12(13)15)14(17)16-9-11-4-3-7-19-11/h3-8H,2,9H2,1H3,(H,16,17). The molecule has 2 aromatic rings. The van der Waals surface area contributed by atoms with Gasteiger partial charge in [-0.2, -0.15) is 0 Å². The quantitative estimate of drug-likeness (QED) is 0.898. The summed E-state index contributed by atoms with van der Waals surface area (Å²) < 4.78 is 6.20. The Balaban J connectivity index is 2.01. The Hall–Kier alpha value is -1.33. The number of hydrogen-bond donors (Lipinski definition) is 1. The van der Waals surface area contributed by atoms with Crippen molar-refractivity contribution in [2.75, 3.05) is 6.61 Å². The second-order valence-electron chi connectivity index (χ2n) is 3.84. The molecule has 0 radical (unpaired) electrons. The number of rotatable bonds is 5. The maximum atomic E-state index is 12.0. The zero-order valence-electron chi connectivity index (χ0n) is 10.5. The number of carbonyl (C=O) groups is 1. The van der Waals surface area contributed by atoms with E-state index < -0.39 is 0 Å². The van der Waals surface area contributed by atoms with Gasteiger partial charge in [-0.05, 0) is 52.5 Å². The summed E-state index contributed by atoms with van der Waals surface area (Å²) in [7, 11) is 0. The fourth-order valence-electron chi connectivity index (χ4n) is 1.60. The molecule has 0 aliphatic carbocycles. The predicted octanol–water partition coefficient (Wildman–Crippen LogP) is 3.84. The summed E-state index contributed by atoms with van der Waals surface area (Å²) >= 11 is 5.03. The first-order valence-corrected chi connectivity index (χ1v) is 7.61. The van der Waals surface area contributed by atoms with E-state index in [0.29, 0.717) is 18.7 Å². The number of benzene rings is 1. The summed E-state index contributed by atoms with van der Waals surface area (Å²) in [6.07, 6.45) is 0. The normalized spacial score (nSPS) is 10.2. The molecule has 1 aromatic heterocycles. The molecular weight excluding hydrogens is 326 g/mol. The molecule has 1 heterocycles. The van der Waals surface area contributed by atoms with Gasteiger partial charge in [-0.3, -0.25) is 4.79 Å². The van der Waals surface area contributed by atoms with Crippen LogP contribution in [0.25, 0.3) is 0 Å². The highest BCUT2D eigenvalue weighted by Crippen LogP contribution is 2.26. The van der Waals surface area contributed by atoms with Gasteiger partial charge >= 0.3 is 0 Å². The van der Waals surface area contributed by atoms with Crippen molar-refractivity contribution in [3.63, 3.8) is 0 Å². The molecule has 0 aliphatic rings. The van der Waals surface area contributed by atoms with Crippen LogP contribution in [0.1, 0.15) is 22.2 Å². The van der Waals surface area contributed by atoms with E-state index >= 15 is 0 Å². The minimum atomic E-state index is -0.0860. The van der Waals surface area contributed by atoms with Gasteiger partial charge in [0.05, 0.1) is 17.6 Å². The molecule has 0 saturated heterocycles. The van der Waals surface area contributed by atoms with Gasteiger partial charge in [0.25, 0.3) is 5.91 Å². The molecule has 0 fully saturated rings. The first-order valence-electron chi connectivity index (χ1n) is 5.93. The van der Waals surface area contributed by atoms with E-state index in [1.165, 1.54) is 0 Å². The molecule has 1 amide bonds. The maximum absolute atomic E-state index is 12.0. The lowest BCUT2D eigenvalue weighted by Crippen LogP contribution is -2.22. The average molecular weight is 340 g/mol. The molecule has 100 valence electrons. The number of carbonyl (C=O) groups excluding carboxylic acids is 1. The Labute approximate surface area is 124 Å². The number of halogens is 1. The van der Waals surface area contributed by atoms with Crippen molar-refractivity contribution in [1.82, 2.24) is 5.32 Å². The van der Waals surface area contributed by atoms with Crippen LogP contribution in [-0.2, 0) is 6.54 Å². The van der Waals surface area contributed by atoms with Crippen LogP contribution >= 0.6 is 27.3 Å². The number of ether oxygens (including phenoxy) is 1. The Morgan fingerprint density at radius 2 is 2.26 bits per heavy atom. The van der Waals surface area contributed by atoms with Crippen LogP contribution in [0.3, 0.4) is 0 Å². The lowest BCUT2D eigenvalue weighted by atomic mass is 10.2. The van der Waals surface area contributed by atoms with Crippen LogP contribution < -0.4 is 10.1 Å². The summed E-state index contributed by atoms with van der Waals surface area (Å²) in [5.41, 5.74) is 0.617. The minimum absolute atomic E-state index is 0.0860. The second-order valence-corrected chi connectivity index (χ2v) is 5.73. The molecule has 0 aliphatic heterocycles. The third-order valence-electron chi connectivity index (χ3n) is 2.50. The van der Waals surface area contributed by atoms with Crippen LogP contribution in [0, 0.1) is 0 Å². The van der Waals surface area contributed by atoms with Crippen molar-refractivity contribution < 1.29 is 9.53 Å². The van der Waals surface area contributed by atoms with E-state index in [1.54, 1.807) is 29.5 Å². The van der Waals surface area contributed by atoms with Gasteiger partial charge in [-0.1, -0.05) is 6.07 Å². The van der Waals surface area contributed by atoms with E-state index in [2.05, 4.69) is 21.2 Å². The highest BCUT2D eigenvalue weighted by Gasteiger charge is 2.09. The van der Waals surface area contributed by atoms with Gasteiger partial charge in [0.1, 0.15) is 5.75 Å². The maximum Gasteiger partial charge on any atom is 0.251 e. The van der Waals surface area contributed by atoms with Crippen molar-refractivity contribution in [2.45, 2.75) is 13.5 Å². The zero-order valence-corrected chi connectivity index (χ0v) is 12.9. The Kier molecular flexibility index (Phi) is 4.99. The fraction of sp³-hybridized carbons (Fsp3) is 0.214.